The lowest BCUT2D eigenvalue weighted by atomic mass is 10.1. The molecule has 1 aromatic rings. The van der Waals surface area contributed by atoms with Gasteiger partial charge in [-0.3, -0.25) is 0 Å². The summed E-state index contributed by atoms with van der Waals surface area (Å²) in [6.45, 7) is 3.67. The fourth-order valence-electron chi connectivity index (χ4n) is 1.64. The number of aromatic nitrogens is 2. The molecule has 76 valence electrons. The van der Waals surface area contributed by atoms with Gasteiger partial charge in [0, 0.05) is 25.0 Å². The molecule has 1 aliphatic rings. The van der Waals surface area contributed by atoms with Crippen molar-refractivity contribution in [2.24, 2.45) is 0 Å². The van der Waals surface area contributed by atoms with E-state index < -0.39 is 0 Å². The normalized spacial score (nSPS) is 26.6. The van der Waals surface area contributed by atoms with Crippen LogP contribution in [-0.4, -0.2) is 28.7 Å². The smallest absolute Gasteiger partial charge is 0.141 e. The van der Waals surface area contributed by atoms with Crippen LogP contribution in [0.2, 0.25) is 0 Å². The van der Waals surface area contributed by atoms with Crippen LogP contribution in [0.4, 0.5) is 0 Å². The summed E-state index contributed by atoms with van der Waals surface area (Å²) < 4.78 is 5.45. The predicted molar refractivity (Wildman–Crippen MR) is 52.7 cm³/mol. The molecule has 0 radical (unpaired) electrons. The number of hydrogen-bond acceptors (Lipinski definition) is 4. The van der Waals surface area contributed by atoms with Gasteiger partial charge in [-0.15, -0.1) is 0 Å². The van der Waals surface area contributed by atoms with Crippen LogP contribution in [-0.2, 0) is 11.3 Å². The summed E-state index contributed by atoms with van der Waals surface area (Å²) in [6.07, 6.45) is 4.91. The van der Waals surface area contributed by atoms with E-state index in [1.54, 1.807) is 12.4 Å². The van der Waals surface area contributed by atoms with Gasteiger partial charge in [-0.25, -0.2) is 9.97 Å². The Balaban J connectivity index is 1.82. The first-order chi connectivity index (χ1) is 6.86. The van der Waals surface area contributed by atoms with Crippen molar-refractivity contribution in [2.75, 3.05) is 6.61 Å². The van der Waals surface area contributed by atoms with Gasteiger partial charge in [-0.05, 0) is 19.4 Å². The molecule has 1 aliphatic heterocycles. The molecule has 2 atom stereocenters. The molecule has 14 heavy (non-hydrogen) atoms. The van der Waals surface area contributed by atoms with Crippen LogP contribution in [0.25, 0.3) is 0 Å². The highest BCUT2D eigenvalue weighted by Gasteiger charge is 2.23. The van der Waals surface area contributed by atoms with Crippen molar-refractivity contribution in [3.05, 3.63) is 24.3 Å². The van der Waals surface area contributed by atoms with Crippen LogP contribution in [0.3, 0.4) is 0 Å². The molecule has 0 amide bonds. The van der Waals surface area contributed by atoms with Crippen molar-refractivity contribution in [3.63, 3.8) is 0 Å². The molecule has 0 spiro atoms. The van der Waals surface area contributed by atoms with Gasteiger partial charge >= 0.3 is 0 Å². The highest BCUT2D eigenvalue weighted by atomic mass is 16.5. The third-order valence-electron chi connectivity index (χ3n) is 2.52. The summed E-state index contributed by atoms with van der Waals surface area (Å²) in [4.78, 5) is 8.30. The molecule has 0 aromatic carbocycles. The standard InChI is InChI=1S/C10H15N3O/c1-8-9(3-6-14-8)13-7-10-11-4-2-5-12-10/h2,4-5,8-9,13H,3,6-7H2,1H3/t8-,9-/m1/s1. The van der Waals surface area contributed by atoms with Crippen molar-refractivity contribution in [3.8, 4) is 0 Å². The van der Waals surface area contributed by atoms with Crippen molar-refractivity contribution in [2.45, 2.75) is 32.0 Å². The number of hydrogen-bond donors (Lipinski definition) is 1. The van der Waals surface area contributed by atoms with E-state index in [1.807, 2.05) is 6.07 Å². The summed E-state index contributed by atoms with van der Waals surface area (Å²) in [7, 11) is 0. The third-order valence-corrected chi connectivity index (χ3v) is 2.52. The number of nitrogens with one attached hydrogen (secondary N) is 1. The maximum Gasteiger partial charge on any atom is 0.141 e. The molecule has 1 saturated heterocycles. The fourth-order valence-corrected chi connectivity index (χ4v) is 1.64. The van der Waals surface area contributed by atoms with E-state index in [0.29, 0.717) is 12.1 Å². The second-order valence-corrected chi connectivity index (χ2v) is 3.52. The summed E-state index contributed by atoms with van der Waals surface area (Å²) in [5, 5.41) is 3.40. The van der Waals surface area contributed by atoms with Crippen LogP contribution >= 0.6 is 0 Å². The SMILES string of the molecule is C[C@H]1OCC[C@H]1NCc1ncccn1. The van der Waals surface area contributed by atoms with Gasteiger partial charge in [0.1, 0.15) is 5.82 Å². The lowest BCUT2D eigenvalue weighted by Crippen LogP contribution is -2.34. The Morgan fingerprint density at radius 1 is 1.50 bits per heavy atom. The molecule has 0 bridgehead atoms. The fraction of sp³-hybridized carbons (Fsp3) is 0.600. The number of nitrogens with zero attached hydrogens (tertiary/aromatic N) is 2. The minimum absolute atomic E-state index is 0.304. The van der Waals surface area contributed by atoms with E-state index in [0.717, 1.165) is 25.4 Å². The van der Waals surface area contributed by atoms with Crippen LogP contribution in [0.5, 0.6) is 0 Å². The van der Waals surface area contributed by atoms with Crippen LogP contribution < -0.4 is 5.32 Å². The van der Waals surface area contributed by atoms with Gasteiger partial charge in [0.25, 0.3) is 0 Å². The second-order valence-electron chi connectivity index (χ2n) is 3.52. The van der Waals surface area contributed by atoms with Gasteiger partial charge in [0.15, 0.2) is 0 Å². The van der Waals surface area contributed by atoms with Crippen LogP contribution in [0.1, 0.15) is 19.2 Å². The molecule has 4 nitrogen and oxygen atoms in total. The monoisotopic (exact) mass is 193 g/mol. The van der Waals surface area contributed by atoms with Gasteiger partial charge < -0.3 is 10.1 Å². The second kappa shape index (κ2) is 4.48. The van der Waals surface area contributed by atoms with Crippen molar-refractivity contribution in [1.29, 1.82) is 0 Å². The summed E-state index contributed by atoms with van der Waals surface area (Å²) in [5.74, 6) is 0.839. The largest absolute Gasteiger partial charge is 0.377 e. The van der Waals surface area contributed by atoms with Crippen molar-refractivity contribution >= 4 is 0 Å². The summed E-state index contributed by atoms with van der Waals surface area (Å²) >= 11 is 0. The first kappa shape index (κ1) is 9.55. The molecule has 0 aliphatic carbocycles. The molecule has 1 fully saturated rings. The van der Waals surface area contributed by atoms with E-state index in [2.05, 4.69) is 22.2 Å². The summed E-state index contributed by atoms with van der Waals surface area (Å²) in [5.41, 5.74) is 0. The third kappa shape index (κ3) is 2.27. The lowest BCUT2D eigenvalue weighted by molar-refractivity contribution is 0.113. The zero-order valence-corrected chi connectivity index (χ0v) is 8.31. The molecule has 1 N–H and O–H groups in total. The highest BCUT2D eigenvalue weighted by Crippen LogP contribution is 2.12. The quantitative estimate of drug-likeness (QED) is 0.769. The molecule has 2 heterocycles. The first-order valence-electron chi connectivity index (χ1n) is 4.97. The minimum atomic E-state index is 0.304. The molecule has 1 aromatic heterocycles. The van der Waals surface area contributed by atoms with Crippen molar-refractivity contribution < 1.29 is 4.74 Å². The van der Waals surface area contributed by atoms with Crippen molar-refractivity contribution in [1.82, 2.24) is 15.3 Å². The maximum absolute atomic E-state index is 5.45. The topological polar surface area (TPSA) is 47.0 Å². The Labute approximate surface area is 83.7 Å². The highest BCUT2D eigenvalue weighted by molar-refractivity contribution is 4.89. The van der Waals surface area contributed by atoms with E-state index in [1.165, 1.54) is 0 Å². The van der Waals surface area contributed by atoms with E-state index in [-0.39, 0.29) is 0 Å². The molecule has 4 heteroatoms. The van der Waals surface area contributed by atoms with E-state index in [4.69, 9.17) is 4.74 Å². The van der Waals surface area contributed by atoms with Crippen LogP contribution in [0, 0.1) is 0 Å². The Kier molecular flexibility index (Phi) is 3.06. The predicted octanol–water partition coefficient (Wildman–Crippen LogP) is 0.744. The van der Waals surface area contributed by atoms with Gasteiger partial charge in [0.05, 0.1) is 12.6 Å². The van der Waals surface area contributed by atoms with Crippen LogP contribution in [0.15, 0.2) is 18.5 Å². The molecular formula is C10H15N3O. The first-order valence-corrected chi connectivity index (χ1v) is 4.97. The average Bonchev–Trinajstić information content (AvgIpc) is 2.63. The van der Waals surface area contributed by atoms with Gasteiger partial charge in [-0.1, -0.05) is 0 Å². The molecule has 0 unspecified atom stereocenters. The maximum atomic E-state index is 5.45. The number of rotatable bonds is 3. The zero-order valence-electron chi connectivity index (χ0n) is 8.31. The Hall–Kier alpha value is -1.00. The van der Waals surface area contributed by atoms with Gasteiger partial charge in [-0.2, -0.15) is 0 Å². The molecular weight excluding hydrogens is 178 g/mol. The Morgan fingerprint density at radius 2 is 2.29 bits per heavy atom. The summed E-state index contributed by atoms with van der Waals surface area (Å²) in [6, 6.07) is 2.27. The molecule has 2 rings (SSSR count). The lowest BCUT2D eigenvalue weighted by Gasteiger charge is -2.14. The average molecular weight is 193 g/mol. The number of ether oxygens (including phenoxy) is 1. The molecule has 0 saturated carbocycles. The van der Waals surface area contributed by atoms with Gasteiger partial charge in [0.2, 0.25) is 0 Å². The van der Waals surface area contributed by atoms with E-state index in [9.17, 15) is 0 Å². The Bertz CT molecular complexity index is 278. The zero-order chi connectivity index (χ0) is 9.80. The minimum Gasteiger partial charge on any atom is -0.377 e. The Morgan fingerprint density at radius 3 is 2.93 bits per heavy atom. The van der Waals surface area contributed by atoms with E-state index >= 15 is 0 Å².